The van der Waals surface area contributed by atoms with E-state index in [-0.39, 0.29) is 24.0 Å². The van der Waals surface area contributed by atoms with E-state index in [1.807, 2.05) is 39.5 Å². The number of guanidine groups is 1. The van der Waals surface area contributed by atoms with Crippen molar-refractivity contribution in [2.75, 3.05) is 13.1 Å². The summed E-state index contributed by atoms with van der Waals surface area (Å²) in [7, 11) is 1.83. The number of nitrogens with one attached hydrogen (secondary N) is 2. The minimum Gasteiger partial charge on any atom is -0.383 e. The first-order chi connectivity index (χ1) is 14.4. The standard InChI is InChI=1S/C22H31N7O.HI/c1-5-23-21(26-16-22(3,30)20-13-27-28(4)15-20)25-12-18-7-6-8-19(11-18)14-29-10-9-24-17(29)2;/h6-11,13,15,30H,5,12,14,16H2,1-4H3,(H2,23,25,26);1H. The van der Waals surface area contributed by atoms with E-state index in [1.54, 1.807) is 17.8 Å². The third-order valence-corrected chi connectivity index (χ3v) is 4.96. The number of halogens is 1. The Morgan fingerprint density at radius 3 is 2.68 bits per heavy atom. The van der Waals surface area contributed by atoms with Gasteiger partial charge in [-0.2, -0.15) is 5.10 Å². The highest BCUT2D eigenvalue weighted by molar-refractivity contribution is 14.0. The number of nitrogens with zero attached hydrogens (tertiary/aromatic N) is 5. The number of benzene rings is 1. The van der Waals surface area contributed by atoms with E-state index < -0.39 is 5.60 Å². The van der Waals surface area contributed by atoms with Crippen LogP contribution in [0.5, 0.6) is 0 Å². The van der Waals surface area contributed by atoms with E-state index in [4.69, 9.17) is 0 Å². The van der Waals surface area contributed by atoms with Crippen LogP contribution < -0.4 is 10.6 Å². The first-order valence-corrected chi connectivity index (χ1v) is 10.2. The Balaban J connectivity index is 0.00000341. The topological polar surface area (TPSA) is 92.3 Å². The molecule has 0 radical (unpaired) electrons. The lowest BCUT2D eigenvalue weighted by Crippen LogP contribution is -2.44. The summed E-state index contributed by atoms with van der Waals surface area (Å²) in [5.74, 6) is 1.66. The number of aromatic nitrogens is 4. The summed E-state index contributed by atoms with van der Waals surface area (Å²) in [6.45, 7) is 8.18. The second-order valence-electron chi connectivity index (χ2n) is 7.65. The average molecular weight is 537 g/mol. The summed E-state index contributed by atoms with van der Waals surface area (Å²) < 4.78 is 3.80. The highest BCUT2D eigenvalue weighted by atomic mass is 127. The SMILES string of the molecule is CCNC(=NCc1cccc(Cn2ccnc2C)c1)NCC(C)(O)c1cnn(C)c1.I. The molecule has 2 heterocycles. The quantitative estimate of drug-likeness (QED) is 0.234. The summed E-state index contributed by atoms with van der Waals surface area (Å²) in [6, 6.07) is 8.41. The Hall–Kier alpha value is -2.40. The van der Waals surface area contributed by atoms with Gasteiger partial charge in [-0.3, -0.25) is 4.68 Å². The zero-order valence-corrected chi connectivity index (χ0v) is 20.9. The fourth-order valence-corrected chi connectivity index (χ4v) is 3.16. The molecule has 3 N–H and O–H groups in total. The molecular weight excluding hydrogens is 505 g/mol. The van der Waals surface area contributed by atoms with Crippen LogP contribution in [0.2, 0.25) is 0 Å². The molecule has 8 nitrogen and oxygen atoms in total. The lowest BCUT2D eigenvalue weighted by Gasteiger charge is -2.23. The van der Waals surface area contributed by atoms with E-state index in [0.717, 1.165) is 30.0 Å². The van der Waals surface area contributed by atoms with Gasteiger partial charge in [0.1, 0.15) is 11.4 Å². The van der Waals surface area contributed by atoms with Gasteiger partial charge >= 0.3 is 0 Å². The molecule has 3 rings (SSSR count). The van der Waals surface area contributed by atoms with Crippen LogP contribution in [0.1, 0.15) is 36.4 Å². The summed E-state index contributed by atoms with van der Waals surface area (Å²) in [6.07, 6.45) is 7.30. The molecule has 1 atom stereocenters. The normalized spacial score (nSPS) is 13.4. The molecule has 1 aromatic carbocycles. The molecule has 0 amide bonds. The summed E-state index contributed by atoms with van der Waals surface area (Å²) in [5, 5.41) is 21.4. The van der Waals surface area contributed by atoms with Crippen molar-refractivity contribution in [2.45, 2.75) is 39.5 Å². The van der Waals surface area contributed by atoms with E-state index in [0.29, 0.717) is 19.0 Å². The lowest BCUT2D eigenvalue weighted by molar-refractivity contribution is 0.0616. The van der Waals surface area contributed by atoms with Crippen molar-refractivity contribution in [3.05, 3.63) is 71.6 Å². The summed E-state index contributed by atoms with van der Waals surface area (Å²) in [5.41, 5.74) is 2.05. The number of rotatable bonds is 8. The van der Waals surface area contributed by atoms with Crippen LogP contribution in [-0.4, -0.2) is 43.5 Å². The highest BCUT2D eigenvalue weighted by Crippen LogP contribution is 2.18. The lowest BCUT2D eigenvalue weighted by atomic mass is 10.00. The van der Waals surface area contributed by atoms with E-state index in [2.05, 4.69) is 54.5 Å². The van der Waals surface area contributed by atoms with Gasteiger partial charge in [0, 0.05) is 44.3 Å². The molecule has 0 aliphatic carbocycles. The smallest absolute Gasteiger partial charge is 0.191 e. The van der Waals surface area contributed by atoms with Gasteiger partial charge in [0.25, 0.3) is 0 Å². The van der Waals surface area contributed by atoms with Gasteiger partial charge in [0.2, 0.25) is 0 Å². The second kappa shape index (κ2) is 11.3. The number of imidazole rings is 1. The van der Waals surface area contributed by atoms with Crippen LogP contribution in [0.15, 0.2) is 54.0 Å². The van der Waals surface area contributed by atoms with E-state index in [9.17, 15) is 5.11 Å². The van der Waals surface area contributed by atoms with Gasteiger partial charge in [0.05, 0.1) is 19.3 Å². The highest BCUT2D eigenvalue weighted by Gasteiger charge is 2.24. The molecule has 31 heavy (non-hydrogen) atoms. The molecular formula is C22H32IN7O. The summed E-state index contributed by atoms with van der Waals surface area (Å²) in [4.78, 5) is 8.96. The van der Waals surface area contributed by atoms with E-state index >= 15 is 0 Å². The van der Waals surface area contributed by atoms with Crippen LogP contribution in [-0.2, 0) is 25.7 Å². The van der Waals surface area contributed by atoms with Crippen LogP contribution >= 0.6 is 24.0 Å². The Morgan fingerprint density at radius 2 is 2.03 bits per heavy atom. The van der Waals surface area contributed by atoms with Crippen LogP contribution in [0.3, 0.4) is 0 Å². The molecule has 0 bridgehead atoms. The van der Waals surface area contributed by atoms with Gasteiger partial charge in [-0.1, -0.05) is 24.3 Å². The molecule has 168 valence electrons. The van der Waals surface area contributed by atoms with Crippen molar-refractivity contribution in [3.63, 3.8) is 0 Å². The molecule has 0 aliphatic rings. The Bertz CT molecular complexity index is 993. The predicted molar refractivity (Wildman–Crippen MR) is 134 cm³/mol. The molecule has 0 saturated heterocycles. The molecule has 1 unspecified atom stereocenters. The zero-order chi connectivity index (χ0) is 21.6. The summed E-state index contributed by atoms with van der Waals surface area (Å²) >= 11 is 0. The molecule has 9 heteroatoms. The van der Waals surface area contributed by atoms with Crippen molar-refractivity contribution in [3.8, 4) is 0 Å². The van der Waals surface area contributed by atoms with Gasteiger partial charge in [0.15, 0.2) is 5.96 Å². The first-order valence-electron chi connectivity index (χ1n) is 10.2. The molecule has 3 aromatic rings. The van der Waals surface area contributed by atoms with Gasteiger partial charge in [-0.05, 0) is 31.9 Å². The van der Waals surface area contributed by atoms with Crippen molar-refractivity contribution >= 4 is 29.9 Å². The Morgan fingerprint density at radius 1 is 1.26 bits per heavy atom. The number of hydrogen-bond acceptors (Lipinski definition) is 4. The monoisotopic (exact) mass is 537 g/mol. The predicted octanol–water partition coefficient (Wildman–Crippen LogP) is 2.55. The van der Waals surface area contributed by atoms with Gasteiger partial charge in [-0.15, -0.1) is 24.0 Å². The third-order valence-electron chi connectivity index (χ3n) is 4.96. The molecule has 0 fully saturated rings. The minimum atomic E-state index is -1.05. The third kappa shape index (κ3) is 7.06. The molecule has 0 aliphatic heterocycles. The fraction of sp³-hybridized carbons (Fsp3) is 0.409. The Kier molecular flexibility index (Phi) is 9.05. The van der Waals surface area contributed by atoms with Crippen molar-refractivity contribution in [1.82, 2.24) is 30.0 Å². The molecule has 2 aromatic heterocycles. The minimum absolute atomic E-state index is 0. The molecule has 0 spiro atoms. The molecule has 0 saturated carbocycles. The Labute approximate surface area is 200 Å². The van der Waals surface area contributed by atoms with Crippen LogP contribution in [0, 0.1) is 6.92 Å². The second-order valence-corrected chi connectivity index (χ2v) is 7.65. The maximum atomic E-state index is 10.8. The van der Waals surface area contributed by atoms with Crippen molar-refractivity contribution in [2.24, 2.45) is 12.0 Å². The van der Waals surface area contributed by atoms with Crippen molar-refractivity contribution in [1.29, 1.82) is 0 Å². The number of hydrogen-bond donors (Lipinski definition) is 3. The zero-order valence-electron chi connectivity index (χ0n) is 18.5. The number of aryl methyl sites for hydroxylation is 2. The van der Waals surface area contributed by atoms with E-state index in [1.165, 1.54) is 5.56 Å². The van der Waals surface area contributed by atoms with Gasteiger partial charge < -0.3 is 20.3 Å². The maximum Gasteiger partial charge on any atom is 0.191 e. The fourth-order valence-electron chi connectivity index (χ4n) is 3.16. The first kappa shape index (κ1) is 24.9. The number of aliphatic hydroxyl groups is 1. The van der Waals surface area contributed by atoms with Crippen molar-refractivity contribution < 1.29 is 5.11 Å². The maximum absolute atomic E-state index is 10.8. The van der Waals surface area contributed by atoms with Gasteiger partial charge in [-0.25, -0.2) is 9.98 Å². The average Bonchev–Trinajstić information content (AvgIpc) is 3.33. The van der Waals surface area contributed by atoms with Crippen LogP contribution in [0.4, 0.5) is 0 Å². The largest absolute Gasteiger partial charge is 0.383 e. The number of aliphatic imine (C=N–C) groups is 1. The van der Waals surface area contributed by atoms with Crippen LogP contribution in [0.25, 0.3) is 0 Å².